The van der Waals surface area contributed by atoms with Crippen molar-refractivity contribution in [2.45, 2.75) is 52.7 Å². The number of carbonyl (C=O) groups is 2. The Balaban J connectivity index is 1.84. The Morgan fingerprint density at radius 3 is 2.58 bits per heavy atom. The topological polar surface area (TPSA) is 58.6 Å². The van der Waals surface area contributed by atoms with Crippen molar-refractivity contribution in [2.24, 2.45) is 0 Å². The van der Waals surface area contributed by atoms with E-state index in [2.05, 4.69) is 10.2 Å². The lowest BCUT2D eigenvalue weighted by Crippen LogP contribution is -2.41. The lowest BCUT2D eigenvalue weighted by Gasteiger charge is -2.22. The fourth-order valence-electron chi connectivity index (χ4n) is 2.78. The number of nitrogens with one attached hydrogen (secondary N) is 1. The van der Waals surface area contributed by atoms with Gasteiger partial charge in [-0.25, -0.2) is 4.79 Å². The molecule has 5 nitrogen and oxygen atoms in total. The van der Waals surface area contributed by atoms with Crippen LogP contribution in [0.3, 0.4) is 0 Å². The molecule has 1 fully saturated rings. The van der Waals surface area contributed by atoms with Crippen LogP contribution >= 0.6 is 0 Å². The largest absolute Gasteiger partial charge is 0.444 e. The standard InChI is InChI=1S/C19H28N2O3/c1-13-6-7-15(10-14(13)2)17(22)12-21-9-8-16(11-21)20-18(23)24-19(3,4)5/h6-7,10,16H,8-9,11-12H2,1-5H3,(H,20,23). The monoisotopic (exact) mass is 332 g/mol. The Morgan fingerprint density at radius 2 is 1.96 bits per heavy atom. The fraction of sp³-hybridized carbons (Fsp3) is 0.579. The first kappa shape index (κ1) is 18.5. The van der Waals surface area contributed by atoms with Crippen LogP contribution in [0.4, 0.5) is 4.79 Å². The second-order valence-corrected chi connectivity index (χ2v) is 7.59. The molecule has 1 aromatic carbocycles. The third kappa shape index (κ3) is 5.34. The Morgan fingerprint density at radius 1 is 1.25 bits per heavy atom. The Labute approximate surface area is 144 Å². The number of carbonyl (C=O) groups excluding carboxylic acids is 2. The van der Waals surface area contributed by atoms with Crippen LogP contribution in [0.2, 0.25) is 0 Å². The van der Waals surface area contributed by atoms with E-state index in [0.29, 0.717) is 13.1 Å². The number of benzene rings is 1. The van der Waals surface area contributed by atoms with E-state index >= 15 is 0 Å². The van der Waals surface area contributed by atoms with Crippen LogP contribution in [0.15, 0.2) is 18.2 Å². The van der Waals surface area contributed by atoms with Crippen LogP contribution < -0.4 is 5.32 Å². The van der Waals surface area contributed by atoms with Crippen LogP contribution in [-0.4, -0.2) is 48.1 Å². The maximum absolute atomic E-state index is 12.4. The summed E-state index contributed by atoms with van der Waals surface area (Å²) in [5.41, 5.74) is 2.57. The van der Waals surface area contributed by atoms with Crippen LogP contribution in [0.5, 0.6) is 0 Å². The SMILES string of the molecule is Cc1ccc(C(=O)CN2CCC(NC(=O)OC(C)(C)C)C2)cc1C. The van der Waals surface area contributed by atoms with Gasteiger partial charge in [-0.3, -0.25) is 9.69 Å². The molecule has 1 N–H and O–H groups in total. The summed E-state index contributed by atoms with van der Waals surface area (Å²) >= 11 is 0. The van der Waals surface area contributed by atoms with Gasteiger partial charge in [0.05, 0.1) is 6.54 Å². The second-order valence-electron chi connectivity index (χ2n) is 7.59. The fourth-order valence-corrected chi connectivity index (χ4v) is 2.78. The first-order valence-electron chi connectivity index (χ1n) is 8.46. The van der Waals surface area contributed by atoms with E-state index < -0.39 is 11.7 Å². The van der Waals surface area contributed by atoms with E-state index in [9.17, 15) is 9.59 Å². The molecule has 132 valence electrons. The zero-order chi connectivity index (χ0) is 17.9. The van der Waals surface area contributed by atoms with Crippen molar-refractivity contribution >= 4 is 11.9 Å². The maximum atomic E-state index is 12.4. The molecule has 1 atom stereocenters. The van der Waals surface area contributed by atoms with Gasteiger partial charge in [-0.2, -0.15) is 0 Å². The molecule has 2 rings (SSSR count). The molecule has 0 spiro atoms. The number of nitrogens with zero attached hydrogens (tertiary/aromatic N) is 1. The summed E-state index contributed by atoms with van der Waals surface area (Å²) in [5, 5.41) is 2.88. The number of hydrogen-bond donors (Lipinski definition) is 1. The van der Waals surface area contributed by atoms with Crippen molar-refractivity contribution in [2.75, 3.05) is 19.6 Å². The summed E-state index contributed by atoms with van der Waals surface area (Å²) < 4.78 is 5.27. The highest BCUT2D eigenvalue weighted by Crippen LogP contribution is 2.14. The molecule has 1 aliphatic heterocycles. The minimum Gasteiger partial charge on any atom is -0.444 e. The molecule has 0 aliphatic carbocycles. The van der Waals surface area contributed by atoms with E-state index in [4.69, 9.17) is 4.74 Å². The molecule has 0 radical (unpaired) electrons. The van der Waals surface area contributed by atoms with E-state index in [1.54, 1.807) is 0 Å². The number of ether oxygens (including phenoxy) is 1. The zero-order valence-electron chi connectivity index (χ0n) is 15.3. The summed E-state index contributed by atoms with van der Waals surface area (Å²) in [5.74, 6) is 0.121. The first-order chi connectivity index (χ1) is 11.1. The number of Topliss-reactive ketones (excluding diaryl/α,β-unsaturated/α-hetero) is 1. The zero-order valence-corrected chi connectivity index (χ0v) is 15.3. The molecule has 1 heterocycles. The van der Waals surface area contributed by atoms with Crippen molar-refractivity contribution < 1.29 is 14.3 Å². The quantitative estimate of drug-likeness (QED) is 0.861. The molecule has 1 saturated heterocycles. The lowest BCUT2D eigenvalue weighted by atomic mass is 10.0. The average Bonchev–Trinajstić information content (AvgIpc) is 2.86. The molecular weight excluding hydrogens is 304 g/mol. The molecule has 1 amide bonds. The van der Waals surface area contributed by atoms with Gasteiger partial charge in [-0.1, -0.05) is 12.1 Å². The number of ketones is 1. The van der Waals surface area contributed by atoms with E-state index in [-0.39, 0.29) is 11.8 Å². The van der Waals surface area contributed by atoms with Crippen LogP contribution in [-0.2, 0) is 4.74 Å². The van der Waals surface area contributed by atoms with Crippen molar-refractivity contribution in [3.8, 4) is 0 Å². The first-order valence-corrected chi connectivity index (χ1v) is 8.46. The molecule has 1 aromatic rings. The highest BCUT2D eigenvalue weighted by molar-refractivity contribution is 5.97. The highest BCUT2D eigenvalue weighted by Gasteiger charge is 2.27. The third-order valence-corrected chi connectivity index (χ3v) is 4.19. The molecule has 1 unspecified atom stereocenters. The molecule has 0 saturated carbocycles. The minimum atomic E-state index is -0.498. The predicted molar refractivity (Wildman–Crippen MR) is 94.5 cm³/mol. The molecule has 1 aliphatic rings. The Bertz CT molecular complexity index is 620. The molecular formula is C19H28N2O3. The Kier molecular flexibility index (Phi) is 5.65. The van der Waals surface area contributed by atoms with E-state index in [0.717, 1.165) is 24.1 Å². The predicted octanol–water partition coefficient (Wildman–Crippen LogP) is 3.09. The van der Waals surface area contributed by atoms with Gasteiger partial charge in [0.25, 0.3) is 0 Å². The van der Waals surface area contributed by atoms with Crippen molar-refractivity contribution in [1.29, 1.82) is 0 Å². The van der Waals surface area contributed by atoms with Gasteiger partial charge in [-0.15, -0.1) is 0 Å². The van der Waals surface area contributed by atoms with Crippen molar-refractivity contribution in [3.63, 3.8) is 0 Å². The summed E-state index contributed by atoms with van der Waals surface area (Å²) in [6, 6.07) is 5.85. The van der Waals surface area contributed by atoms with Crippen LogP contribution in [0.1, 0.15) is 48.7 Å². The third-order valence-electron chi connectivity index (χ3n) is 4.19. The normalized spacial score (nSPS) is 18.5. The lowest BCUT2D eigenvalue weighted by molar-refractivity contribution is 0.0506. The molecule has 0 aromatic heterocycles. The summed E-state index contributed by atoms with van der Waals surface area (Å²) in [4.78, 5) is 26.3. The number of hydrogen-bond acceptors (Lipinski definition) is 4. The Hall–Kier alpha value is -1.88. The van der Waals surface area contributed by atoms with Gasteiger partial charge in [0.2, 0.25) is 0 Å². The van der Waals surface area contributed by atoms with Gasteiger partial charge in [0.1, 0.15) is 5.60 Å². The van der Waals surface area contributed by atoms with Gasteiger partial charge >= 0.3 is 6.09 Å². The average molecular weight is 332 g/mol. The van der Waals surface area contributed by atoms with E-state index in [1.165, 1.54) is 5.56 Å². The minimum absolute atomic E-state index is 0.0346. The number of likely N-dealkylation sites (tertiary alicyclic amines) is 1. The summed E-state index contributed by atoms with van der Waals surface area (Å²) in [7, 11) is 0. The van der Waals surface area contributed by atoms with E-state index in [1.807, 2.05) is 52.8 Å². The number of aryl methyl sites for hydroxylation is 2. The van der Waals surface area contributed by atoms with Crippen LogP contribution in [0, 0.1) is 13.8 Å². The molecule has 24 heavy (non-hydrogen) atoms. The van der Waals surface area contributed by atoms with Crippen molar-refractivity contribution in [1.82, 2.24) is 10.2 Å². The summed E-state index contributed by atoms with van der Waals surface area (Å²) in [6.45, 7) is 11.4. The van der Waals surface area contributed by atoms with Gasteiger partial charge in [0, 0.05) is 24.7 Å². The molecule has 5 heteroatoms. The summed E-state index contributed by atoms with van der Waals surface area (Å²) in [6.07, 6.45) is 0.439. The van der Waals surface area contributed by atoms with Gasteiger partial charge in [-0.05, 0) is 58.2 Å². The van der Waals surface area contributed by atoms with Crippen LogP contribution in [0.25, 0.3) is 0 Å². The van der Waals surface area contributed by atoms with Crippen molar-refractivity contribution in [3.05, 3.63) is 34.9 Å². The number of rotatable bonds is 4. The van der Waals surface area contributed by atoms with Gasteiger partial charge < -0.3 is 10.1 Å². The number of alkyl carbamates (subject to hydrolysis) is 1. The second kappa shape index (κ2) is 7.34. The molecule has 0 bridgehead atoms. The maximum Gasteiger partial charge on any atom is 0.407 e. The number of amides is 1. The highest BCUT2D eigenvalue weighted by atomic mass is 16.6. The van der Waals surface area contributed by atoms with Gasteiger partial charge in [0.15, 0.2) is 5.78 Å². The smallest absolute Gasteiger partial charge is 0.407 e.